The molecule has 0 unspecified atom stereocenters. The van der Waals surface area contributed by atoms with Gasteiger partial charge in [0.05, 0.1) is 19.3 Å². The van der Waals surface area contributed by atoms with Crippen molar-refractivity contribution in [1.29, 1.82) is 0 Å². The van der Waals surface area contributed by atoms with Crippen molar-refractivity contribution in [1.82, 2.24) is 0 Å². The molecule has 2 fully saturated rings. The molecular formula is C7H12O4. The maximum absolute atomic E-state index is 9.45. The molecule has 4 heteroatoms. The van der Waals surface area contributed by atoms with E-state index in [1.54, 1.807) is 0 Å². The van der Waals surface area contributed by atoms with Crippen LogP contribution >= 0.6 is 0 Å². The van der Waals surface area contributed by atoms with Gasteiger partial charge in [0.25, 0.3) is 0 Å². The molecule has 1 saturated carbocycles. The highest BCUT2D eigenvalue weighted by atomic mass is 16.7. The molecule has 2 aliphatic rings. The zero-order valence-corrected chi connectivity index (χ0v) is 6.19. The average molecular weight is 160 g/mol. The first kappa shape index (κ1) is 7.49. The molecule has 1 saturated heterocycles. The summed E-state index contributed by atoms with van der Waals surface area (Å²) in [5.41, 5.74) is 0. The van der Waals surface area contributed by atoms with Crippen molar-refractivity contribution >= 4 is 0 Å². The highest BCUT2D eigenvalue weighted by Gasteiger charge is 2.51. The fourth-order valence-electron chi connectivity index (χ4n) is 1.73. The molecule has 0 aromatic rings. The zero-order chi connectivity index (χ0) is 7.90. The van der Waals surface area contributed by atoms with Crippen LogP contribution in [0.2, 0.25) is 0 Å². The first-order valence-electron chi connectivity index (χ1n) is 3.89. The first-order valence-corrected chi connectivity index (χ1v) is 3.89. The molecular weight excluding hydrogens is 148 g/mol. The summed E-state index contributed by atoms with van der Waals surface area (Å²) in [5.74, 6) is -0.876. The van der Waals surface area contributed by atoms with Crippen LogP contribution in [0.5, 0.6) is 0 Å². The molecule has 1 aliphatic carbocycles. The van der Waals surface area contributed by atoms with Crippen molar-refractivity contribution in [2.45, 2.75) is 30.8 Å². The summed E-state index contributed by atoms with van der Waals surface area (Å²) < 4.78 is 10.5. The summed E-state index contributed by atoms with van der Waals surface area (Å²) in [6.45, 7) is 1.04. The van der Waals surface area contributed by atoms with Crippen molar-refractivity contribution in [3.05, 3.63) is 0 Å². The van der Waals surface area contributed by atoms with Gasteiger partial charge < -0.3 is 19.7 Å². The molecule has 4 nitrogen and oxygen atoms in total. The second-order valence-corrected chi connectivity index (χ2v) is 3.06. The molecule has 2 N–H and O–H groups in total. The molecule has 64 valence electrons. The SMILES string of the molecule is O[C@@H]1CCC2(OCCO2)[C@@H]1O. The topological polar surface area (TPSA) is 58.9 Å². The maximum atomic E-state index is 9.45. The average Bonchev–Trinajstić information content (AvgIpc) is 2.56. The number of hydrogen-bond acceptors (Lipinski definition) is 4. The Labute approximate surface area is 64.7 Å². The van der Waals surface area contributed by atoms with Gasteiger partial charge in [-0.05, 0) is 6.42 Å². The predicted octanol–water partition coefficient (Wildman–Crippen LogP) is -0.755. The van der Waals surface area contributed by atoms with Gasteiger partial charge in [0.2, 0.25) is 0 Å². The van der Waals surface area contributed by atoms with Gasteiger partial charge in [-0.15, -0.1) is 0 Å². The molecule has 2 atom stereocenters. The van der Waals surface area contributed by atoms with Gasteiger partial charge in [-0.1, -0.05) is 0 Å². The fraction of sp³-hybridized carbons (Fsp3) is 1.00. The van der Waals surface area contributed by atoms with Crippen LogP contribution < -0.4 is 0 Å². The monoisotopic (exact) mass is 160 g/mol. The Kier molecular flexibility index (Phi) is 1.64. The zero-order valence-electron chi connectivity index (χ0n) is 6.19. The van der Waals surface area contributed by atoms with Gasteiger partial charge in [-0.2, -0.15) is 0 Å². The highest BCUT2D eigenvalue weighted by Crippen LogP contribution is 2.37. The number of rotatable bonds is 0. The second kappa shape index (κ2) is 2.42. The molecule has 0 bridgehead atoms. The minimum atomic E-state index is -0.876. The van der Waals surface area contributed by atoms with E-state index in [2.05, 4.69) is 0 Å². The van der Waals surface area contributed by atoms with Crippen LogP contribution in [0.25, 0.3) is 0 Å². The second-order valence-electron chi connectivity index (χ2n) is 3.06. The van der Waals surface area contributed by atoms with Crippen LogP contribution in [0.15, 0.2) is 0 Å². The van der Waals surface area contributed by atoms with E-state index in [4.69, 9.17) is 9.47 Å². The van der Waals surface area contributed by atoms with Crippen LogP contribution in [0.4, 0.5) is 0 Å². The lowest BCUT2D eigenvalue weighted by molar-refractivity contribution is -0.216. The lowest BCUT2D eigenvalue weighted by atomic mass is 10.2. The first-order chi connectivity index (χ1) is 5.25. The van der Waals surface area contributed by atoms with Gasteiger partial charge in [0, 0.05) is 6.42 Å². The third-order valence-electron chi connectivity index (χ3n) is 2.38. The van der Waals surface area contributed by atoms with Crippen molar-refractivity contribution in [3.8, 4) is 0 Å². The fourth-order valence-corrected chi connectivity index (χ4v) is 1.73. The van der Waals surface area contributed by atoms with Gasteiger partial charge in [0.15, 0.2) is 5.79 Å². The smallest absolute Gasteiger partial charge is 0.197 e. The Bertz CT molecular complexity index is 153. The molecule has 1 spiro atoms. The highest BCUT2D eigenvalue weighted by molar-refractivity contribution is 4.94. The van der Waals surface area contributed by atoms with E-state index >= 15 is 0 Å². The summed E-state index contributed by atoms with van der Waals surface area (Å²) in [6, 6.07) is 0. The van der Waals surface area contributed by atoms with Crippen LogP contribution in [0, 0.1) is 0 Å². The molecule has 0 aromatic heterocycles. The minimum Gasteiger partial charge on any atom is -0.390 e. The lowest BCUT2D eigenvalue weighted by Crippen LogP contribution is -2.42. The van der Waals surface area contributed by atoms with Gasteiger partial charge in [-0.25, -0.2) is 0 Å². The van der Waals surface area contributed by atoms with E-state index in [9.17, 15) is 10.2 Å². The molecule has 11 heavy (non-hydrogen) atoms. The molecule has 1 heterocycles. The van der Waals surface area contributed by atoms with Crippen LogP contribution in [-0.4, -0.2) is 41.4 Å². The predicted molar refractivity (Wildman–Crippen MR) is 35.9 cm³/mol. The quantitative estimate of drug-likeness (QED) is 0.489. The third kappa shape index (κ3) is 0.980. The maximum Gasteiger partial charge on any atom is 0.197 e. The molecule has 1 aliphatic heterocycles. The Hall–Kier alpha value is -0.160. The molecule has 2 rings (SSSR count). The van der Waals surface area contributed by atoms with Crippen molar-refractivity contribution in [2.75, 3.05) is 13.2 Å². The van der Waals surface area contributed by atoms with E-state index in [0.717, 1.165) is 0 Å². The van der Waals surface area contributed by atoms with Crippen LogP contribution in [-0.2, 0) is 9.47 Å². The summed E-state index contributed by atoms with van der Waals surface area (Å²) in [4.78, 5) is 0. The van der Waals surface area contributed by atoms with Crippen molar-refractivity contribution < 1.29 is 19.7 Å². The van der Waals surface area contributed by atoms with Crippen molar-refractivity contribution in [3.63, 3.8) is 0 Å². The van der Waals surface area contributed by atoms with E-state index < -0.39 is 18.0 Å². The Balaban J connectivity index is 2.13. The lowest BCUT2D eigenvalue weighted by Gasteiger charge is -2.25. The van der Waals surface area contributed by atoms with Crippen molar-refractivity contribution in [2.24, 2.45) is 0 Å². The molecule has 0 aromatic carbocycles. The standard InChI is InChI=1S/C7H12O4/c8-5-1-2-7(6(5)9)10-3-4-11-7/h5-6,8-9H,1-4H2/t5-,6-/m1/s1. The Morgan fingerprint density at radius 2 is 1.82 bits per heavy atom. The Morgan fingerprint density at radius 3 is 2.27 bits per heavy atom. The number of ether oxygens (including phenoxy) is 2. The minimum absolute atomic E-state index is 0.518. The van der Waals surface area contributed by atoms with Gasteiger partial charge in [-0.3, -0.25) is 0 Å². The van der Waals surface area contributed by atoms with E-state index in [1.807, 2.05) is 0 Å². The van der Waals surface area contributed by atoms with Gasteiger partial charge >= 0.3 is 0 Å². The number of aliphatic hydroxyl groups is 2. The number of hydrogen-bond donors (Lipinski definition) is 2. The third-order valence-corrected chi connectivity index (χ3v) is 2.38. The summed E-state index contributed by atoms with van der Waals surface area (Å²) >= 11 is 0. The largest absolute Gasteiger partial charge is 0.390 e. The summed E-state index contributed by atoms with van der Waals surface area (Å²) in [6.07, 6.45) is -0.408. The molecule has 0 radical (unpaired) electrons. The Morgan fingerprint density at radius 1 is 1.18 bits per heavy atom. The summed E-state index contributed by atoms with van der Waals surface area (Å²) in [7, 11) is 0. The van der Waals surface area contributed by atoms with E-state index in [0.29, 0.717) is 26.1 Å². The van der Waals surface area contributed by atoms with Gasteiger partial charge in [0.1, 0.15) is 6.10 Å². The van der Waals surface area contributed by atoms with E-state index in [1.165, 1.54) is 0 Å². The number of aliphatic hydroxyl groups excluding tert-OH is 2. The van der Waals surface area contributed by atoms with Crippen LogP contribution in [0.3, 0.4) is 0 Å². The summed E-state index contributed by atoms with van der Waals surface area (Å²) in [5, 5.41) is 18.7. The van der Waals surface area contributed by atoms with Crippen LogP contribution in [0.1, 0.15) is 12.8 Å². The molecule has 0 amide bonds. The van der Waals surface area contributed by atoms with E-state index in [-0.39, 0.29) is 0 Å². The normalized spacial score (nSPS) is 42.0.